The van der Waals surface area contributed by atoms with Crippen molar-refractivity contribution < 1.29 is 12.8 Å². The zero-order valence-electron chi connectivity index (χ0n) is 10.8. The van der Waals surface area contributed by atoms with Gasteiger partial charge in [-0.05, 0) is 17.8 Å². The number of hydrogen-bond donors (Lipinski definition) is 2. The van der Waals surface area contributed by atoms with Crippen molar-refractivity contribution in [1.82, 2.24) is 15.6 Å². The lowest BCUT2D eigenvalue weighted by molar-refractivity contribution is 0.495. The average molecular weight is 324 g/mol. The van der Waals surface area contributed by atoms with Crippen molar-refractivity contribution >= 4 is 27.1 Å². The van der Waals surface area contributed by atoms with Crippen LogP contribution >= 0.6 is 12.2 Å². The van der Waals surface area contributed by atoms with Crippen LogP contribution in [0.1, 0.15) is 17.4 Å². The molecule has 0 bridgehead atoms. The Bertz CT molecular complexity index is 823. The fourth-order valence-corrected chi connectivity index (χ4v) is 3.77. The molecule has 1 aliphatic rings. The maximum Gasteiger partial charge on any atom is 0.284 e. The maximum absolute atomic E-state index is 12.5. The van der Waals surface area contributed by atoms with E-state index in [2.05, 4.69) is 20.7 Å². The quantitative estimate of drug-likeness (QED) is 0.827. The minimum Gasteiger partial charge on any atom is -0.413 e. The molecule has 2 aromatic rings. The molecule has 3 rings (SSSR count). The number of aromatic amines is 1. The monoisotopic (exact) mass is 324 g/mol. The lowest BCUT2D eigenvalue weighted by atomic mass is 10.0. The molecule has 0 fully saturated rings. The van der Waals surface area contributed by atoms with E-state index in [4.69, 9.17) is 16.6 Å². The SMILES string of the molecule is O=S(=O)(Cc1n[nH]c(=S)o1)C1=NNC[C@@H]1c1ccccc1. The standard InChI is InChI=1S/C12H12N4O3S2/c17-21(18,7-10-14-16-12(20)19-10)11-9(6-13-15-11)8-4-2-1-3-5-8/h1-5,9,13H,6-7H2,(H,16,20)/t9-/m1/s1. The number of rotatable bonds is 3. The van der Waals surface area contributed by atoms with Gasteiger partial charge >= 0.3 is 0 Å². The van der Waals surface area contributed by atoms with Gasteiger partial charge in [0.05, 0.1) is 5.92 Å². The number of nitrogens with zero attached hydrogens (tertiary/aromatic N) is 2. The van der Waals surface area contributed by atoms with E-state index in [1.165, 1.54) is 0 Å². The number of hydrogen-bond acceptors (Lipinski definition) is 7. The number of nitrogens with one attached hydrogen (secondary N) is 2. The second-order valence-corrected chi connectivity index (χ2v) is 6.85. The third kappa shape index (κ3) is 2.88. The molecule has 1 aromatic carbocycles. The van der Waals surface area contributed by atoms with E-state index < -0.39 is 9.84 Å². The van der Waals surface area contributed by atoms with Gasteiger partial charge in [-0.2, -0.15) is 5.10 Å². The molecule has 0 aliphatic carbocycles. The molecule has 2 N–H and O–H groups in total. The number of H-pyrrole nitrogens is 1. The van der Waals surface area contributed by atoms with E-state index in [-0.39, 0.29) is 27.4 Å². The van der Waals surface area contributed by atoms with Crippen LogP contribution in [0.4, 0.5) is 0 Å². The summed E-state index contributed by atoms with van der Waals surface area (Å²) in [5.74, 6) is -0.649. The van der Waals surface area contributed by atoms with Gasteiger partial charge in [-0.1, -0.05) is 30.3 Å². The first-order valence-electron chi connectivity index (χ1n) is 6.19. The molecular weight excluding hydrogens is 312 g/mol. The van der Waals surface area contributed by atoms with E-state index in [1.807, 2.05) is 30.3 Å². The van der Waals surface area contributed by atoms with Gasteiger partial charge in [0.15, 0.2) is 5.04 Å². The summed E-state index contributed by atoms with van der Waals surface area (Å²) in [4.78, 5) is 0.0475. The zero-order chi connectivity index (χ0) is 14.9. The van der Waals surface area contributed by atoms with Crippen molar-refractivity contribution in [3.8, 4) is 0 Å². The van der Waals surface area contributed by atoms with Crippen LogP contribution in [0, 0.1) is 4.84 Å². The van der Waals surface area contributed by atoms with E-state index in [0.717, 1.165) is 5.56 Å². The van der Waals surface area contributed by atoms with Gasteiger partial charge in [0.2, 0.25) is 15.7 Å². The molecule has 0 unspecified atom stereocenters. The van der Waals surface area contributed by atoms with Crippen molar-refractivity contribution in [3.63, 3.8) is 0 Å². The Hall–Kier alpha value is -2.00. The Kier molecular flexibility index (Phi) is 3.60. The molecular formula is C12H12N4O3S2. The van der Waals surface area contributed by atoms with Gasteiger partial charge in [0.1, 0.15) is 5.75 Å². The highest BCUT2D eigenvalue weighted by Gasteiger charge is 2.34. The summed E-state index contributed by atoms with van der Waals surface area (Å²) in [5.41, 5.74) is 3.64. The second kappa shape index (κ2) is 5.41. The van der Waals surface area contributed by atoms with E-state index in [0.29, 0.717) is 6.54 Å². The van der Waals surface area contributed by atoms with Crippen LogP contribution in [0.15, 0.2) is 39.9 Å². The smallest absolute Gasteiger partial charge is 0.284 e. The van der Waals surface area contributed by atoms with Crippen molar-refractivity contribution in [2.24, 2.45) is 5.10 Å². The highest BCUT2D eigenvalue weighted by atomic mass is 32.2. The molecule has 21 heavy (non-hydrogen) atoms. The molecule has 2 heterocycles. The van der Waals surface area contributed by atoms with Crippen molar-refractivity contribution in [2.75, 3.05) is 6.54 Å². The normalized spacial score (nSPS) is 18.3. The predicted molar refractivity (Wildman–Crippen MR) is 78.9 cm³/mol. The lowest BCUT2D eigenvalue weighted by Gasteiger charge is -2.11. The first kappa shape index (κ1) is 14.0. The topological polar surface area (TPSA) is 100 Å². The summed E-state index contributed by atoms with van der Waals surface area (Å²) < 4.78 is 30.0. The molecule has 0 amide bonds. The number of sulfone groups is 1. The Labute approximate surface area is 126 Å². The van der Waals surface area contributed by atoms with Gasteiger partial charge in [0.25, 0.3) is 4.84 Å². The molecule has 1 aliphatic heterocycles. The minimum atomic E-state index is -3.63. The highest BCUT2D eigenvalue weighted by molar-refractivity contribution is 8.05. The summed E-state index contributed by atoms with van der Waals surface area (Å²) >= 11 is 4.73. The van der Waals surface area contributed by atoms with Crippen LogP contribution in [0.25, 0.3) is 0 Å². The second-order valence-electron chi connectivity index (χ2n) is 4.54. The van der Waals surface area contributed by atoms with Crippen LogP contribution in [0.5, 0.6) is 0 Å². The van der Waals surface area contributed by atoms with Crippen LogP contribution in [-0.4, -0.2) is 30.2 Å². The van der Waals surface area contributed by atoms with E-state index >= 15 is 0 Å². The average Bonchev–Trinajstić information content (AvgIpc) is 3.09. The highest BCUT2D eigenvalue weighted by Crippen LogP contribution is 2.24. The van der Waals surface area contributed by atoms with Crippen LogP contribution in [0.2, 0.25) is 0 Å². The van der Waals surface area contributed by atoms with Gasteiger partial charge in [-0.15, -0.1) is 5.10 Å². The first-order chi connectivity index (χ1) is 10.1. The molecule has 1 atom stereocenters. The lowest BCUT2D eigenvalue weighted by Crippen LogP contribution is -2.23. The fourth-order valence-electron chi connectivity index (χ4n) is 2.17. The number of aromatic nitrogens is 2. The first-order valence-corrected chi connectivity index (χ1v) is 8.25. The van der Waals surface area contributed by atoms with Gasteiger partial charge < -0.3 is 9.84 Å². The Balaban J connectivity index is 1.89. The fraction of sp³-hybridized carbons (Fsp3) is 0.250. The Morgan fingerprint density at radius 3 is 2.76 bits per heavy atom. The van der Waals surface area contributed by atoms with Crippen molar-refractivity contribution in [2.45, 2.75) is 11.7 Å². The number of hydrazone groups is 1. The van der Waals surface area contributed by atoms with Crippen LogP contribution < -0.4 is 5.43 Å². The molecule has 9 heteroatoms. The molecule has 1 aromatic heterocycles. The predicted octanol–water partition coefficient (Wildman–Crippen LogP) is 1.35. The maximum atomic E-state index is 12.5. The molecule has 0 radical (unpaired) electrons. The summed E-state index contributed by atoms with van der Waals surface area (Å²) in [6.45, 7) is 0.447. The molecule has 7 nitrogen and oxygen atoms in total. The summed E-state index contributed by atoms with van der Waals surface area (Å²) in [6, 6.07) is 9.37. The van der Waals surface area contributed by atoms with Crippen molar-refractivity contribution in [1.29, 1.82) is 0 Å². The zero-order valence-corrected chi connectivity index (χ0v) is 12.4. The van der Waals surface area contributed by atoms with E-state index in [9.17, 15) is 8.42 Å². The van der Waals surface area contributed by atoms with Gasteiger partial charge in [-0.3, -0.25) is 0 Å². The molecule has 0 spiro atoms. The Morgan fingerprint density at radius 2 is 2.10 bits per heavy atom. The van der Waals surface area contributed by atoms with E-state index in [1.54, 1.807) is 0 Å². The van der Waals surface area contributed by atoms with Crippen LogP contribution in [-0.2, 0) is 15.6 Å². The summed E-state index contributed by atoms with van der Waals surface area (Å²) in [6.07, 6.45) is 0. The third-order valence-corrected chi connectivity index (χ3v) is 4.91. The largest absolute Gasteiger partial charge is 0.413 e. The molecule has 110 valence electrons. The van der Waals surface area contributed by atoms with Gasteiger partial charge in [-0.25, -0.2) is 13.5 Å². The molecule has 0 saturated heterocycles. The van der Waals surface area contributed by atoms with Crippen LogP contribution in [0.3, 0.4) is 0 Å². The number of benzene rings is 1. The van der Waals surface area contributed by atoms with Gasteiger partial charge in [0, 0.05) is 6.54 Å². The summed E-state index contributed by atoms with van der Waals surface area (Å²) in [7, 11) is -3.63. The third-order valence-electron chi connectivity index (χ3n) is 3.10. The molecule has 0 saturated carbocycles. The summed E-state index contributed by atoms with van der Waals surface area (Å²) in [5, 5.41) is 10.2. The van der Waals surface area contributed by atoms with Crippen molar-refractivity contribution in [3.05, 3.63) is 46.6 Å². The Morgan fingerprint density at radius 1 is 1.33 bits per heavy atom. The minimum absolute atomic E-state index is 0.0291.